The lowest BCUT2D eigenvalue weighted by Gasteiger charge is -2.49. The Morgan fingerprint density at radius 2 is 2.04 bits per heavy atom. The second-order valence-electron chi connectivity index (χ2n) is 8.72. The molecule has 2 rings (SSSR count). The van der Waals surface area contributed by atoms with Crippen LogP contribution >= 0.6 is 0 Å². The fourth-order valence-corrected chi connectivity index (χ4v) is 4.15. The summed E-state index contributed by atoms with van der Waals surface area (Å²) in [6.07, 6.45) is 5.48. The van der Waals surface area contributed by atoms with Gasteiger partial charge in [-0.3, -0.25) is 4.79 Å². The van der Waals surface area contributed by atoms with Gasteiger partial charge in [0.05, 0.1) is 18.6 Å². The highest BCUT2D eigenvalue weighted by Gasteiger charge is 2.49. The molecule has 2 fully saturated rings. The molecule has 5 nitrogen and oxygen atoms in total. The highest BCUT2D eigenvalue weighted by Crippen LogP contribution is 2.50. The van der Waals surface area contributed by atoms with Crippen LogP contribution in [0.1, 0.15) is 72.6 Å². The third-order valence-electron chi connectivity index (χ3n) is 6.46. The van der Waals surface area contributed by atoms with E-state index < -0.39 is 11.2 Å². The van der Waals surface area contributed by atoms with Crippen LogP contribution in [-0.4, -0.2) is 35.5 Å². The minimum atomic E-state index is -0.867. The molecule has 1 unspecified atom stereocenters. The zero-order valence-corrected chi connectivity index (χ0v) is 16.4. The maximum atomic E-state index is 11.7. The van der Waals surface area contributed by atoms with Gasteiger partial charge in [-0.15, -0.1) is 0 Å². The van der Waals surface area contributed by atoms with Crippen molar-refractivity contribution in [3.05, 3.63) is 12.2 Å². The Balaban J connectivity index is 1.95. The van der Waals surface area contributed by atoms with E-state index in [1.807, 2.05) is 6.92 Å². The van der Waals surface area contributed by atoms with Gasteiger partial charge in [0.25, 0.3) is 0 Å². The molecule has 1 saturated heterocycles. The third kappa shape index (κ3) is 4.09. The molecule has 1 N–H and O–H groups in total. The summed E-state index contributed by atoms with van der Waals surface area (Å²) in [6, 6.07) is 0. The molecular weight excluding hydrogens is 320 g/mol. The second kappa shape index (κ2) is 7.37. The molecule has 0 radical (unpaired) electrons. The van der Waals surface area contributed by atoms with Gasteiger partial charge in [0.2, 0.25) is 0 Å². The Hall–Kier alpha value is -0.910. The lowest BCUT2D eigenvalue weighted by atomic mass is 9.61. The number of hydrogen-bond donors (Lipinski definition) is 1. The average Bonchev–Trinajstić information content (AvgIpc) is 2.57. The molecule has 4 atom stereocenters. The van der Waals surface area contributed by atoms with E-state index in [0.29, 0.717) is 12.8 Å². The molecule has 0 bridgehead atoms. The van der Waals surface area contributed by atoms with E-state index in [1.54, 1.807) is 6.92 Å². The monoisotopic (exact) mass is 354 g/mol. The highest BCUT2D eigenvalue weighted by atomic mass is 17.2. The van der Waals surface area contributed by atoms with Crippen LogP contribution in [0.4, 0.5) is 0 Å². The topological polar surface area (TPSA) is 65.0 Å². The van der Waals surface area contributed by atoms with E-state index >= 15 is 0 Å². The largest absolute Gasteiger partial charge is 0.469 e. The first-order valence-corrected chi connectivity index (χ1v) is 9.38. The minimum Gasteiger partial charge on any atom is -0.469 e. The predicted octanol–water partition coefficient (Wildman–Crippen LogP) is 3.94. The summed E-state index contributed by atoms with van der Waals surface area (Å²) in [5.74, 6) is -0.637. The van der Waals surface area contributed by atoms with Crippen LogP contribution < -0.4 is 0 Å². The van der Waals surface area contributed by atoms with Crippen molar-refractivity contribution >= 4 is 5.97 Å². The van der Waals surface area contributed by atoms with Crippen molar-refractivity contribution in [1.29, 1.82) is 0 Å². The van der Waals surface area contributed by atoms with Gasteiger partial charge in [-0.25, -0.2) is 9.78 Å². The van der Waals surface area contributed by atoms with E-state index in [-0.39, 0.29) is 23.4 Å². The number of aliphatic hydroxyl groups is 1. The summed E-state index contributed by atoms with van der Waals surface area (Å²) in [6.45, 7) is 12.2. The van der Waals surface area contributed by atoms with Crippen LogP contribution in [0.25, 0.3) is 0 Å². The molecule has 1 heterocycles. The maximum absolute atomic E-state index is 11.7. The Labute approximate surface area is 151 Å². The van der Waals surface area contributed by atoms with Crippen molar-refractivity contribution in [3.63, 3.8) is 0 Å². The second-order valence-corrected chi connectivity index (χ2v) is 8.72. The van der Waals surface area contributed by atoms with Crippen LogP contribution in [0.5, 0.6) is 0 Å². The molecule has 1 saturated carbocycles. The van der Waals surface area contributed by atoms with Gasteiger partial charge in [0.1, 0.15) is 11.7 Å². The van der Waals surface area contributed by atoms with E-state index in [4.69, 9.17) is 14.5 Å². The van der Waals surface area contributed by atoms with Gasteiger partial charge >= 0.3 is 5.97 Å². The van der Waals surface area contributed by atoms with Gasteiger partial charge in [0, 0.05) is 0 Å². The maximum Gasteiger partial charge on any atom is 0.311 e. The summed E-state index contributed by atoms with van der Waals surface area (Å²) in [4.78, 5) is 22.9. The lowest BCUT2D eigenvalue weighted by Crippen LogP contribution is -2.50. The Morgan fingerprint density at radius 3 is 2.56 bits per heavy atom. The van der Waals surface area contributed by atoms with Crippen molar-refractivity contribution in [2.24, 2.45) is 11.3 Å². The number of carbonyl (C=O) groups excluding carboxylic acids is 1. The van der Waals surface area contributed by atoms with Gasteiger partial charge in [-0.05, 0) is 69.8 Å². The van der Waals surface area contributed by atoms with Crippen molar-refractivity contribution in [2.75, 3.05) is 7.11 Å². The van der Waals surface area contributed by atoms with Gasteiger partial charge in [0.15, 0.2) is 0 Å². The Kier molecular flexibility index (Phi) is 6.02. The van der Waals surface area contributed by atoms with E-state index in [1.165, 1.54) is 7.11 Å². The van der Waals surface area contributed by atoms with Crippen molar-refractivity contribution in [1.82, 2.24) is 0 Å². The molecule has 0 aromatic carbocycles. The number of hydrogen-bond acceptors (Lipinski definition) is 5. The number of rotatable bonds is 5. The summed E-state index contributed by atoms with van der Waals surface area (Å²) in [5.41, 5.74) is -0.582. The molecule has 0 aromatic heterocycles. The summed E-state index contributed by atoms with van der Waals surface area (Å²) in [5, 5.41) is 11.3. The standard InChI is InChI=1S/C20H34O5/c1-14-8-7-10-18(3,4)20(14,22)13-12-19(5)11-9-16(24-25-19)15(2)17(21)23-6/h15-16,22H,1,7-13H2,2-6H3/t15-,16-,19+,20?/m0/s1. The molecular formula is C20H34O5. The number of carbonyl (C=O) groups is 1. The first-order chi connectivity index (χ1) is 11.5. The highest BCUT2D eigenvalue weighted by molar-refractivity contribution is 5.72. The number of esters is 1. The van der Waals surface area contributed by atoms with Crippen LogP contribution in [-0.2, 0) is 19.3 Å². The molecule has 2 aliphatic rings. The molecule has 144 valence electrons. The molecule has 1 aliphatic heterocycles. The van der Waals surface area contributed by atoms with Gasteiger partial charge < -0.3 is 9.84 Å². The zero-order chi connectivity index (χ0) is 18.9. The fourth-order valence-electron chi connectivity index (χ4n) is 4.15. The molecule has 0 aromatic rings. The zero-order valence-electron chi connectivity index (χ0n) is 16.4. The summed E-state index contributed by atoms with van der Waals surface area (Å²) in [7, 11) is 1.38. The minimum absolute atomic E-state index is 0.184. The lowest BCUT2D eigenvalue weighted by molar-refractivity contribution is -0.412. The van der Waals surface area contributed by atoms with Crippen molar-refractivity contribution in [2.45, 2.75) is 89.9 Å². The molecule has 1 aliphatic carbocycles. The predicted molar refractivity (Wildman–Crippen MR) is 95.7 cm³/mol. The SMILES string of the molecule is C=C1CCCC(C)(C)C1(O)CC[C@@]1(C)CC[C@@H]([C@H](C)C(=O)OC)OO1. The Bertz CT molecular complexity index is 504. The number of ether oxygens (including phenoxy) is 1. The normalized spacial score (nSPS) is 36.7. The quantitative estimate of drug-likeness (QED) is 0.460. The number of methoxy groups -OCH3 is 1. The fraction of sp³-hybridized carbons (Fsp3) is 0.850. The molecule has 0 spiro atoms. The average molecular weight is 354 g/mol. The first-order valence-electron chi connectivity index (χ1n) is 9.38. The van der Waals surface area contributed by atoms with Crippen LogP contribution in [0, 0.1) is 11.3 Å². The molecule has 25 heavy (non-hydrogen) atoms. The smallest absolute Gasteiger partial charge is 0.311 e. The van der Waals surface area contributed by atoms with E-state index in [2.05, 4.69) is 20.4 Å². The Morgan fingerprint density at radius 1 is 1.36 bits per heavy atom. The van der Waals surface area contributed by atoms with Crippen LogP contribution in [0.2, 0.25) is 0 Å². The van der Waals surface area contributed by atoms with Crippen molar-refractivity contribution in [3.8, 4) is 0 Å². The van der Waals surface area contributed by atoms with E-state index in [9.17, 15) is 9.90 Å². The van der Waals surface area contributed by atoms with Gasteiger partial charge in [-0.2, -0.15) is 0 Å². The first kappa shape index (κ1) is 20.4. The van der Waals surface area contributed by atoms with Gasteiger partial charge in [-0.1, -0.05) is 20.4 Å². The molecule has 5 heteroatoms. The summed E-state index contributed by atoms with van der Waals surface area (Å²) < 4.78 is 4.77. The van der Waals surface area contributed by atoms with Crippen molar-refractivity contribution < 1.29 is 24.4 Å². The molecule has 0 amide bonds. The van der Waals surface area contributed by atoms with Crippen LogP contribution in [0.15, 0.2) is 12.2 Å². The van der Waals surface area contributed by atoms with Crippen LogP contribution in [0.3, 0.4) is 0 Å². The van der Waals surface area contributed by atoms with E-state index in [0.717, 1.165) is 37.7 Å². The summed E-state index contributed by atoms with van der Waals surface area (Å²) >= 11 is 0. The third-order valence-corrected chi connectivity index (χ3v) is 6.46.